The molecule has 2 atom stereocenters. The minimum absolute atomic E-state index is 0.0835. The van der Waals surface area contributed by atoms with Crippen molar-refractivity contribution in [2.45, 2.75) is 32.3 Å². The second kappa shape index (κ2) is 13.5. The Morgan fingerprint density at radius 2 is 1.63 bits per heavy atom. The number of anilines is 2. The normalized spacial score (nSPS) is 15.2. The molecule has 9 N–H and O–H groups in total. The van der Waals surface area contributed by atoms with E-state index in [0.717, 1.165) is 42.9 Å². The molecule has 5 rings (SSSR count). The monoisotopic (exact) mass is 574 g/mol. The van der Waals surface area contributed by atoms with Gasteiger partial charge >= 0.3 is 5.97 Å². The minimum Gasteiger partial charge on any atom is -0.479 e. The van der Waals surface area contributed by atoms with Gasteiger partial charge in [-0.05, 0) is 51.2 Å². The highest BCUT2D eigenvalue weighted by atomic mass is 19.1. The number of aliphatic hydroxyl groups excluding tert-OH is 3. The smallest absolute Gasteiger partial charge is 0.332 e. The van der Waals surface area contributed by atoms with Gasteiger partial charge in [0.05, 0.1) is 27.6 Å². The van der Waals surface area contributed by atoms with Gasteiger partial charge in [-0.15, -0.1) is 0 Å². The summed E-state index contributed by atoms with van der Waals surface area (Å²) in [4.78, 5) is 37.2. The van der Waals surface area contributed by atoms with Crippen molar-refractivity contribution >= 4 is 39.3 Å². The van der Waals surface area contributed by atoms with E-state index in [-0.39, 0.29) is 16.6 Å². The van der Waals surface area contributed by atoms with Gasteiger partial charge in [0.1, 0.15) is 29.4 Å². The second-order valence-electron chi connectivity index (χ2n) is 9.65. The number of imidazole rings is 1. The number of H-pyrrole nitrogens is 2. The molecule has 0 bridgehead atoms. The van der Waals surface area contributed by atoms with Gasteiger partial charge in [0, 0.05) is 31.9 Å². The molecule has 41 heavy (non-hydrogen) atoms. The summed E-state index contributed by atoms with van der Waals surface area (Å²) >= 11 is 0. The van der Waals surface area contributed by atoms with Crippen LogP contribution in [-0.2, 0) is 4.79 Å². The Morgan fingerprint density at radius 1 is 1.02 bits per heavy atom. The number of aliphatic hydroxyl groups is 4. The zero-order chi connectivity index (χ0) is 30.4. The van der Waals surface area contributed by atoms with Crippen LogP contribution < -0.4 is 16.2 Å². The van der Waals surface area contributed by atoms with E-state index in [9.17, 15) is 14.0 Å². The number of aromatic nitrogens is 3. The van der Waals surface area contributed by atoms with Crippen LogP contribution in [0.2, 0.25) is 0 Å². The second-order valence-corrected chi connectivity index (χ2v) is 9.65. The fraction of sp³-hybridized carbons (Fsp3) is 0.370. The lowest BCUT2D eigenvalue weighted by atomic mass is 10.1. The van der Waals surface area contributed by atoms with Gasteiger partial charge < -0.3 is 51.0 Å². The quantitative estimate of drug-likeness (QED) is 0.159. The number of pyridine rings is 1. The predicted molar refractivity (Wildman–Crippen MR) is 153 cm³/mol. The first-order valence-electron chi connectivity index (χ1n) is 12.8. The Bertz CT molecular complexity index is 1540. The van der Waals surface area contributed by atoms with Gasteiger partial charge in [0.2, 0.25) is 0 Å². The van der Waals surface area contributed by atoms with E-state index >= 15 is 0 Å². The molecule has 3 heterocycles. The number of carboxylic acids is 1. The Hall–Kier alpha value is -4.08. The maximum atomic E-state index is 14.3. The van der Waals surface area contributed by atoms with Crippen molar-refractivity contribution < 1.29 is 34.7 Å². The average molecular weight is 575 g/mol. The average Bonchev–Trinajstić information content (AvgIpc) is 3.32. The third-order valence-corrected chi connectivity index (χ3v) is 6.39. The molecular formula is C27H35FN6O7. The molecule has 0 spiro atoms. The number of nitrogens with one attached hydrogen (secondary N) is 2. The van der Waals surface area contributed by atoms with E-state index in [0.29, 0.717) is 11.3 Å². The number of aliphatic carboxylic acids is 1. The zero-order valence-corrected chi connectivity index (χ0v) is 22.9. The number of halogens is 1. The number of hydrogen-bond acceptors (Lipinski definition) is 10. The number of piperazine rings is 1. The molecular weight excluding hydrogens is 539 g/mol. The standard InChI is InChI=1S/C21H21FN6O.C3H8O3.C3H6O3/c1-27-7-9-28(10-8-27)12-5-6-14-16(11-12)25-20(24-14)18-19(23)17-13(22)3-2-4-15(17)26-21(18)29;2*1-2(4)3(5)6/h2-6,11H,7-10H2,1H3,(H,24,25)(H3,23,26,29);2-6H,1H3;2,4H,1H3,(H,5,6). The number of rotatable bonds is 4. The molecule has 1 saturated heterocycles. The lowest BCUT2D eigenvalue weighted by molar-refractivity contribution is -0.145. The van der Waals surface area contributed by atoms with Crippen molar-refractivity contribution in [3.63, 3.8) is 0 Å². The molecule has 0 radical (unpaired) electrons. The molecule has 0 saturated carbocycles. The van der Waals surface area contributed by atoms with Crippen LogP contribution in [0.3, 0.4) is 0 Å². The van der Waals surface area contributed by atoms with E-state index in [1.165, 1.54) is 26.0 Å². The van der Waals surface area contributed by atoms with Gasteiger partial charge in [0.15, 0.2) is 6.29 Å². The number of benzene rings is 2. The molecule has 2 aromatic heterocycles. The van der Waals surface area contributed by atoms with Crippen LogP contribution in [0.5, 0.6) is 0 Å². The van der Waals surface area contributed by atoms with E-state index in [2.05, 4.69) is 31.8 Å². The lowest BCUT2D eigenvalue weighted by Crippen LogP contribution is -2.44. The number of carboxylic acid groups (broad SMARTS) is 1. The number of nitrogens with two attached hydrogens (primary N) is 1. The van der Waals surface area contributed by atoms with Gasteiger partial charge in [0.25, 0.3) is 5.56 Å². The van der Waals surface area contributed by atoms with Crippen molar-refractivity contribution in [2.75, 3.05) is 43.9 Å². The summed E-state index contributed by atoms with van der Waals surface area (Å²) < 4.78 is 14.3. The summed E-state index contributed by atoms with van der Waals surface area (Å²) in [5.41, 5.74) is 9.04. The number of fused-ring (bicyclic) bond motifs is 2. The Morgan fingerprint density at radius 3 is 2.20 bits per heavy atom. The molecule has 2 unspecified atom stereocenters. The Labute approximate surface area is 234 Å². The number of carbonyl (C=O) groups is 1. The summed E-state index contributed by atoms with van der Waals surface area (Å²) in [6.45, 7) is 6.44. The fourth-order valence-electron chi connectivity index (χ4n) is 3.95. The van der Waals surface area contributed by atoms with E-state index in [4.69, 9.17) is 31.3 Å². The molecule has 1 fully saturated rings. The number of nitrogen functional groups attached to an aromatic ring is 1. The first-order chi connectivity index (χ1) is 19.3. The van der Waals surface area contributed by atoms with Gasteiger partial charge in [-0.2, -0.15) is 0 Å². The summed E-state index contributed by atoms with van der Waals surface area (Å²) in [5, 5.41) is 40.0. The molecule has 222 valence electrons. The van der Waals surface area contributed by atoms with Crippen molar-refractivity contribution in [3.8, 4) is 11.4 Å². The SMILES string of the molecule is CC(O)C(=O)O.CC(O)C(O)O.CN1CCN(c2ccc3nc(-c4c(N)c5c(F)cccc5[nH]c4=O)[nH]c3c2)CC1. The number of aromatic amines is 2. The zero-order valence-electron chi connectivity index (χ0n) is 22.9. The van der Waals surface area contributed by atoms with Crippen molar-refractivity contribution in [1.29, 1.82) is 0 Å². The van der Waals surface area contributed by atoms with Crippen LogP contribution in [0.4, 0.5) is 15.8 Å². The van der Waals surface area contributed by atoms with E-state index in [1.807, 2.05) is 18.2 Å². The molecule has 2 aromatic carbocycles. The number of likely N-dealkylation sites (N-methyl/N-ethyl adjacent to an activating group) is 1. The van der Waals surface area contributed by atoms with Crippen LogP contribution in [0.25, 0.3) is 33.3 Å². The highest BCUT2D eigenvalue weighted by molar-refractivity contribution is 5.98. The molecule has 0 amide bonds. The van der Waals surface area contributed by atoms with Crippen LogP contribution in [-0.4, -0.2) is 103 Å². The minimum atomic E-state index is -1.59. The van der Waals surface area contributed by atoms with Crippen molar-refractivity contribution in [1.82, 2.24) is 19.9 Å². The van der Waals surface area contributed by atoms with Crippen LogP contribution >= 0.6 is 0 Å². The molecule has 13 nitrogen and oxygen atoms in total. The largest absolute Gasteiger partial charge is 0.479 e. The molecule has 0 aliphatic carbocycles. The van der Waals surface area contributed by atoms with E-state index < -0.39 is 35.8 Å². The maximum Gasteiger partial charge on any atom is 0.332 e. The molecule has 1 aliphatic heterocycles. The third-order valence-electron chi connectivity index (χ3n) is 6.39. The topological polar surface area (TPSA) is 212 Å². The summed E-state index contributed by atoms with van der Waals surface area (Å²) in [5.74, 6) is -1.33. The molecule has 1 aliphatic rings. The number of nitrogens with zero attached hydrogens (tertiary/aromatic N) is 3. The first kappa shape index (κ1) is 31.4. The van der Waals surface area contributed by atoms with Gasteiger partial charge in [-0.1, -0.05) is 6.07 Å². The van der Waals surface area contributed by atoms with Crippen LogP contribution in [0, 0.1) is 5.82 Å². The molecule has 14 heteroatoms. The summed E-state index contributed by atoms with van der Waals surface area (Å²) in [7, 11) is 2.12. The van der Waals surface area contributed by atoms with E-state index in [1.54, 1.807) is 6.07 Å². The maximum absolute atomic E-state index is 14.3. The van der Waals surface area contributed by atoms with Crippen LogP contribution in [0.15, 0.2) is 41.2 Å². The van der Waals surface area contributed by atoms with Crippen molar-refractivity contribution in [2.24, 2.45) is 0 Å². The fourth-order valence-corrected chi connectivity index (χ4v) is 3.95. The predicted octanol–water partition coefficient (Wildman–Crippen LogP) is 0.674. The van der Waals surface area contributed by atoms with Crippen molar-refractivity contribution in [3.05, 3.63) is 52.6 Å². The Kier molecular flexibility index (Phi) is 10.4. The highest BCUT2D eigenvalue weighted by Crippen LogP contribution is 2.30. The summed E-state index contributed by atoms with van der Waals surface area (Å²) in [6, 6.07) is 10.5. The third kappa shape index (κ3) is 7.77. The Balaban J connectivity index is 0.000000326. The molecule has 4 aromatic rings. The first-order valence-corrected chi connectivity index (χ1v) is 12.8. The summed E-state index contributed by atoms with van der Waals surface area (Å²) in [6.07, 6.45) is -3.86. The number of hydrogen-bond donors (Lipinski definition) is 8. The van der Waals surface area contributed by atoms with Gasteiger partial charge in [-0.3, -0.25) is 4.79 Å². The lowest BCUT2D eigenvalue weighted by Gasteiger charge is -2.34. The highest BCUT2D eigenvalue weighted by Gasteiger charge is 2.19. The van der Waals surface area contributed by atoms with Crippen LogP contribution in [0.1, 0.15) is 13.8 Å². The van der Waals surface area contributed by atoms with Gasteiger partial charge in [-0.25, -0.2) is 14.2 Å².